The molecule has 0 spiro atoms. The Bertz CT molecular complexity index is 1070. The number of morpholine rings is 1. The normalized spacial score (nSPS) is 23.2. The smallest absolute Gasteiger partial charge is 0.286 e. The first-order valence-corrected chi connectivity index (χ1v) is 11.3. The van der Waals surface area contributed by atoms with Crippen LogP contribution >= 0.6 is 11.6 Å². The minimum Gasteiger partial charge on any atom is -0.497 e. The van der Waals surface area contributed by atoms with Gasteiger partial charge in [-0.15, -0.1) is 0 Å². The molecule has 33 heavy (non-hydrogen) atoms. The van der Waals surface area contributed by atoms with E-state index in [1.807, 2.05) is 24.3 Å². The highest BCUT2D eigenvalue weighted by atomic mass is 35.5. The third kappa shape index (κ3) is 5.42. The van der Waals surface area contributed by atoms with E-state index in [0.29, 0.717) is 42.3 Å². The molecule has 2 N–H and O–H groups in total. The number of benzene rings is 2. The van der Waals surface area contributed by atoms with Crippen molar-refractivity contribution in [1.82, 2.24) is 10.6 Å². The van der Waals surface area contributed by atoms with Crippen LogP contribution in [0.1, 0.15) is 30.4 Å². The molecular weight excluding hydrogens is 444 g/mol. The van der Waals surface area contributed by atoms with Crippen molar-refractivity contribution >= 4 is 29.5 Å². The van der Waals surface area contributed by atoms with E-state index in [1.54, 1.807) is 38.5 Å². The Labute approximate surface area is 198 Å². The highest BCUT2D eigenvalue weighted by molar-refractivity contribution is 6.30. The Hall–Kier alpha value is -3.19. The molecule has 3 unspecified atom stereocenters. The van der Waals surface area contributed by atoms with Crippen LogP contribution in [0.5, 0.6) is 11.5 Å². The van der Waals surface area contributed by atoms with Gasteiger partial charge in [0, 0.05) is 29.1 Å². The lowest BCUT2D eigenvalue weighted by Gasteiger charge is -2.39. The maximum Gasteiger partial charge on any atom is 0.286 e. The van der Waals surface area contributed by atoms with Crippen molar-refractivity contribution in [2.24, 2.45) is 5.92 Å². The molecule has 1 aliphatic heterocycles. The van der Waals surface area contributed by atoms with Crippen LogP contribution < -0.4 is 20.1 Å². The minimum atomic E-state index is -0.278. The summed E-state index contributed by atoms with van der Waals surface area (Å²) in [5, 5.41) is 6.61. The third-order valence-electron chi connectivity index (χ3n) is 6.07. The number of amides is 2. The van der Waals surface area contributed by atoms with Crippen LogP contribution in [0.25, 0.3) is 6.08 Å². The molecule has 2 aromatic rings. The second kappa shape index (κ2) is 10.2. The lowest BCUT2D eigenvalue weighted by Crippen LogP contribution is -2.54. The Morgan fingerprint density at radius 2 is 2.06 bits per heavy atom. The monoisotopic (exact) mass is 470 g/mol. The summed E-state index contributed by atoms with van der Waals surface area (Å²) >= 11 is 6.03. The van der Waals surface area contributed by atoms with E-state index in [4.69, 9.17) is 25.8 Å². The molecule has 1 saturated heterocycles. The SMILES string of the molecule is COc1ccc(CNC(=O)C2CCC3O/C(=C/c4cccc(Cl)c4)C(=O)NC3C2)c(OC)c1. The number of hydrogen-bond acceptors (Lipinski definition) is 5. The fourth-order valence-corrected chi connectivity index (χ4v) is 4.50. The summed E-state index contributed by atoms with van der Waals surface area (Å²) in [6.07, 6.45) is 3.44. The maximum atomic E-state index is 12.8. The zero-order chi connectivity index (χ0) is 23.4. The number of methoxy groups -OCH3 is 2. The van der Waals surface area contributed by atoms with Crippen molar-refractivity contribution in [3.63, 3.8) is 0 Å². The van der Waals surface area contributed by atoms with E-state index >= 15 is 0 Å². The number of hydrogen-bond donors (Lipinski definition) is 2. The highest BCUT2D eigenvalue weighted by Crippen LogP contribution is 2.32. The van der Waals surface area contributed by atoms with E-state index < -0.39 is 0 Å². The first-order chi connectivity index (χ1) is 16.0. The van der Waals surface area contributed by atoms with Crippen LogP contribution in [0, 0.1) is 5.92 Å². The molecule has 1 saturated carbocycles. The maximum absolute atomic E-state index is 12.8. The third-order valence-corrected chi connectivity index (χ3v) is 6.31. The van der Waals surface area contributed by atoms with Gasteiger partial charge in [0.05, 0.1) is 20.3 Å². The van der Waals surface area contributed by atoms with E-state index in [1.165, 1.54) is 0 Å². The summed E-state index contributed by atoms with van der Waals surface area (Å²) < 4.78 is 16.6. The fourth-order valence-electron chi connectivity index (χ4n) is 4.30. The van der Waals surface area contributed by atoms with Crippen molar-refractivity contribution in [3.05, 3.63) is 64.4 Å². The van der Waals surface area contributed by atoms with Gasteiger partial charge in [0.15, 0.2) is 5.76 Å². The zero-order valence-corrected chi connectivity index (χ0v) is 19.4. The first-order valence-electron chi connectivity index (χ1n) is 10.9. The van der Waals surface area contributed by atoms with Crippen molar-refractivity contribution in [2.75, 3.05) is 14.2 Å². The van der Waals surface area contributed by atoms with Gasteiger partial charge in [0.1, 0.15) is 17.6 Å². The average molecular weight is 471 g/mol. The molecule has 174 valence electrons. The molecule has 2 amide bonds. The second-order valence-electron chi connectivity index (χ2n) is 8.21. The second-order valence-corrected chi connectivity index (χ2v) is 8.64. The van der Waals surface area contributed by atoms with Crippen LogP contribution in [0.15, 0.2) is 48.2 Å². The van der Waals surface area contributed by atoms with Gasteiger partial charge in [-0.3, -0.25) is 9.59 Å². The summed E-state index contributed by atoms with van der Waals surface area (Å²) in [5.41, 5.74) is 1.67. The lowest BCUT2D eigenvalue weighted by molar-refractivity contribution is -0.134. The van der Waals surface area contributed by atoms with Gasteiger partial charge in [-0.1, -0.05) is 23.7 Å². The van der Waals surface area contributed by atoms with E-state index in [0.717, 1.165) is 11.1 Å². The first kappa shape index (κ1) is 23.0. The van der Waals surface area contributed by atoms with Crippen molar-refractivity contribution in [2.45, 2.75) is 38.0 Å². The molecule has 4 rings (SSSR count). The highest BCUT2D eigenvalue weighted by Gasteiger charge is 2.40. The summed E-state index contributed by atoms with van der Waals surface area (Å²) in [4.78, 5) is 25.4. The van der Waals surface area contributed by atoms with Crippen LogP contribution in [0.2, 0.25) is 5.02 Å². The Morgan fingerprint density at radius 3 is 2.82 bits per heavy atom. The van der Waals surface area contributed by atoms with Crippen molar-refractivity contribution < 1.29 is 23.8 Å². The molecule has 0 radical (unpaired) electrons. The Kier molecular flexibility index (Phi) is 7.08. The minimum absolute atomic E-state index is 0.0409. The van der Waals surface area contributed by atoms with Gasteiger partial charge in [-0.25, -0.2) is 0 Å². The number of carbonyl (C=O) groups excluding carboxylic acids is 2. The van der Waals surface area contributed by atoms with Crippen LogP contribution in [0.4, 0.5) is 0 Å². The predicted octanol–water partition coefficient (Wildman–Crippen LogP) is 3.70. The molecular formula is C25H27ClN2O5. The molecule has 7 nitrogen and oxygen atoms in total. The van der Waals surface area contributed by atoms with Crippen LogP contribution in [0.3, 0.4) is 0 Å². The van der Waals surface area contributed by atoms with Gasteiger partial charge in [-0.2, -0.15) is 0 Å². The average Bonchev–Trinajstić information content (AvgIpc) is 2.82. The van der Waals surface area contributed by atoms with E-state index in [9.17, 15) is 9.59 Å². The molecule has 1 aliphatic carbocycles. The number of ether oxygens (including phenoxy) is 3. The number of nitrogens with one attached hydrogen (secondary N) is 2. The number of fused-ring (bicyclic) bond motifs is 1. The topological polar surface area (TPSA) is 85.9 Å². The van der Waals surface area contributed by atoms with Gasteiger partial charge >= 0.3 is 0 Å². The fraction of sp³-hybridized carbons (Fsp3) is 0.360. The summed E-state index contributed by atoms with van der Waals surface area (Å²) in [6, 6.07) is 12.5. The standard InChI is InChI=1S/C25H27ClN2O5/c1-31-19-8-6-17(22(13-19)32-2)14-27-24(29)16-7-9-21-20(12-16)28-25(30)23(33-21)11-15-4-3-5-18(26)10-15/h3-6,8,10-11,13,16,20-21H,7,9,12,14H2,1-2H3,(H,27,29)(H,28,30)/b23-11+. The number of halogens is 1. The predicted molar refractivity (Wildman–Crippen MR) is 125 cm³/mol. The van der Waals surface area contributed by atoms with Gasteiger partial charge in [-0.05, 0) is 55.2 Å². The molecule has 8 heteroatoms. The van der Waals surface area contributed by atoms with Gasteiger partial charge < -0.3 is 24.8 Å². The number of rotatable bonds is 6. The van der Waals surface area contributed by atoms with Crippen LogP contribution in [-0.2, 0) is 20.9 Å². The molecule has 0 bridgehead atoms. The summed E-state index contributed by atoms with van der Waals surface area (Å²) in [7, 11) is 3.18. The van der Waals surface area contributed by atoms with E-state index in [2.05, 4.69) is 10.6 Å². The summed E-state index contributed by atoms with van der Waals surface area (Å²) in [5.74, 6) is 1.11. The van der Waals surface area contributed by atoms with Crippen molar-refractivity contribution in [3.8, 4) is 11.5 Å². The molecule has 2 aromatic carbocycles. The quantitative estimate of drug-likeness (QED) is 0.629. The molecule has 2 fully saturated rings. The van der Waals surface area contributed by atoms with Crippen LogP contribution in [-0.4, -0.2) is 38.2 Å². The van der Waals surface area contributed by atoms with E-state index in [-0.39, 0.29) is 35.6 Å². The number of carbonyl (C=O) groups is 2. The lowest BCUT2D eigenvalue weighted by atomic mass is 9.82. The van der Waals surface area contributed by atoms with Gasteiger partial charge in [0.2, 0.25) is 5.91 Å². The Balaban J connectivity index is 1.35. The molecule has 1 heterocycles. The largest absolute Gasteiger partial charge is 0.497 e. The molecule has 0 aromatic heterocycles. The summed E-state index contributed by atoms with van der Waals surface area (Å²) in [6.45, 7) is 0.353. The Morgan fingerprint density at radius 1 is 1.21 bits per heavy atom. The van der Waals surface area contributed by atoms with Gasteiger partial charge in [0.25, 0.3) is 5.91 Å². The van der Waals surface area contributed by atoms with Crippen molar-refractivity contribution in [1.29, 1.82) is 0 Å². The molecule has 3 atom stereocenters. The molecule has 2 aliphatic rings. The zero-order valence-electron chi connectivity index (χ0n) is 18.6.